The molecule has 3 nitrogen and oxygen atoms in total. The minimum atomic E-state index is 0.286. The fourth-order valence-electron chi connectivity index (χ4n) is 2.51. The molecule has 2 rings (SSSR count). The average Bonchev–Trinajstić information content (AvgIpc) is 2.32. The number of nitrogens with two attached hydrogens (primary N) is 1. The van der Waals surface area contributed by atoms with Crippen LogP contribution in [0.2, 0.25) is 0 Å². The minimum absolute atomic E-state index is 0.286. The molecule has 2 N–H and O–H groups in total. The number of piperazine rings is 1. The van der Waals surface area contributed by atoms with Gasteiger partial charge in [-0.15, -0.1) is 0 Å². The van der Waals surface area contributed by atoms with Gasteiger partial charge in [-0.3, -0.25) is 9.80 Å². The normalized spacial score (nSPS) is 18.7. The lowest BCUT2D eigenvalue weighted by atomic mass is 10.0. The smallest absolute Gasteiger partial charge is 0.0325 e. The Morgan fingerprint density at radius 2 is 1.79 bits per heavy atom. The predicted octanol–water partition coefficient (Wildman–Crippen LogP) is 2.95. The second-order valence-corrected chi connectivity index (χ2v) is 7.14. The van der Waals surface area contributed by atoms with Gasteiger partial charge < -0.3 is 5.73 Å². The van der Waals surface area contributed by atoms with Crippen LogP contribution >= 0.6 is 15.9 Å². The van der Waals surface area contributed by atoms with Gasteiger partial charge in [-0.05, 0) is 38.5 Å². The summed E-state index contributed by atoms with van der Waals surface area (Å²) >= 11 is 3.60. The van der Waals surface area contributed by atoms with Crippen LogP contribution in [-0.2, 0) is 6.54 Å². The Hall–Kier alpha value is -0.580. The summed E-state index contributed by atoms with van der Waals surface area (Å²) in [6.45, 7) is 12.4. The lowest BCUT2D eigenvalue weighted by Gasteiger charge is -2.42. The van der Waals surface area contributed by atoms with Crippen molar-refractivity contribution in [3.8, 4) is 0 Å². The molecule has 0 amide bonds. The summed E-state index contributed by atoms with van der Waals surface area (Å²) in [5, 5.41) is 0. The molecule has 1 fully saturated rings. The number of nitrogens with zero attached hydrogens (tertiary/aromatic N) is 2. The molecule has 106 valence electrons. The molecule has 0 saturated carbocycles. The molecule has 0 atom stereocenters. The number of nitrogen functional groups attached to an aromatic ring is 1. The zero-order chi connectivity index (χ0) is 14.0. The Bertz CT molecular complexity index is 432. The molecule has 19 heavy (non-hydrogen) atoms. The summed E-state index contributed by atoms with van der Waals surface area (Å²) < 4.78 is 1.12. The molecule has 1 aliphatic heterocycles. The SMILES string of the molecule is CC(C)(C)N1CCN(Cc2ccc(N)cc2Br)CC1. The summed E-state index contributed by atoms with van der Waals surface area (Å²) in [4.78, 5) is 5.07. The summed E-state index contributed by atoms with van der Waals surface area (Å²) in [7, 11) is 0. The van der Waals surface area contributed by atoms with Crippen molar-refractivity contribution in [3.63, 3.8) is 0 Å². The Morgan fingerprint density at radius 3 is 2.32 bits per heavy atom. The fourth-order valence-corrected chi connectivity index (χ4v) is 3.03. The Morgan fingerprint density at radius 1 is 1.16 bits per heavy atom. The van der Waals surface area contributed by atoms with Crippen molar-refractivity contribution in [2.24, 2.45) is 0 Å². The first-order valence-electron chi connectivity index (χ1n) is 6.87. The maximum atomic E-state index is 5.78. The highest BCUT2D eigenvalue weighted by molar-refractivity contribution is 9.10. The van der Waals surface area contributed by atoms with Crippen LogP contribution in [0, 0.1) is 0 Å². The van der Waals surface area contributed by atoms with Gasteiger partial charge in [0.25, 0.3) is 0 Å². The van der Waals surface area contributed by atoms with E-state index in [1.807, 2.05) is 12.1 Å². The third-order valence-corrected chi connectivity index (χ3v) is 4.53. The summed E-state index contributed by atoms with van der Waals surface area (Å²) in [5.74, 6) is 0. The summed E-state index contributed by atoms with van der Waals surface area (Å²) in [6, 6.07) is 6.09. The second kappa shape index (κ2) is 5.81. The zero-order valence-electron chi connectivity index (χ0n) is 12.1. The van der Waals surface area contributed by atoms with E-state index in [9.17, 15) is 0 Å². The maximum absolute atomic E-state index is 5.78. The van der Waals surface area contributed by atoms with E-state index >= 15 is 0 Å². The van der Waals surface area contributed by atoms with Gasteiger partial charge in [0.1, 0.15) is 0 Å². The van der Waals surface area contributed by atoms with Crippen LogP contribution in [0.1, 0.15) is 26.3 Å². The van der Waals surface area contributed by atoms with Gasteiger partial charge in [0.2, 0.25) is 0 Å². The number of halogens is 1. The first-order valence-corrected chi connectivity index (χ1v) is 7.67. The number of anilines is 1. The monoisotopic (exact) mass is 325 g/mol. The molecular formula is C15H24BrN3. The van der Waals surface area contributed by atoms with Crippen LogP contribution < -0.4 is 5.73 Å². The Labute approximate surface area is 124 Å². The van der Waals surface area contributed by atoms with Crippen LogP contribution in [0.25, 0.3) is 0 Å². The van der Waals surface area contributed by atoms with Crippen LogP contribution in [0.5, 0.6) is 0 Å². The van der Waals surface area contributed by atoms with Crippen LogP contribution in [0.4, 0.5) is 5.69 Å². The van der Waals surface area contributed by atoms with E-state index < -0.39 is 0 Å². The molecule has 1 saturated heterocycles. The molecule has 1 aromatic rings. The minimum Gasteiger partial charge on any atom is -0.399 e. The van der Waals surface area contributed by atoms with Gasteiger partial charge in [-0.1, -0.05) is 22.0 Å². The van der Waals surface area contributed by atoms with Gasteiger partial charge in [0.15, 0.2) is 0 Å². The number of hydrogen-bond donors (Lipinski definition) is 1. The molecule has 0 spiro atoms. The predicted molar refractivity (Wildman–Crippen MR) is 85.2 cm³/mol. The summed E-state index contributed by atoms with van der Waals surface area (Å²) in [6.07, 6.45) is 0. The third kappa shape index (κ3) is 3.94. The molecular weight excluding hydrogens is 302 g/mol. The highest BCUT2D eigenvalue weighted by atomic mass is 79.9. The molecule has 4 heteroatoms. The standard InChI is InChI=1S/C15H24BrN3/c1-15(2,3)19-8-6-18(7-9-19)11-12-4-5-13(17)10-14(12)16/h4-5,10H,6-9,11,17H2,1-3H3. The molecule has 0 radical (unpaired) electrons. The van der Waals surface area contributed by atoms with E-state index in [1.165, 1.54) is 5.56 Å². The number of hydrogen-bond acceptors (Lipinski definition) is 3. The van der Waals surface area contributed by atoms with E-state index in [4.69, 9.17) is 5.73 Å². The van der Waals surface area contributed by atoms with E-state index in [0.717, 1.165) is 42.9 Å². The molecule has 0 aromatic heterocycles. The zero-order valence-corrected chi connectivity index (χ0v) is 13.7. The first kappa shape index (κ1) is 14.8. The first-order chi connectivity index (χ1) is 8.86. The number of benzene rings is 1. The van der Waals surface area contributed by atoms with Crippen molar-refractivity contribution in [3.05, 3.63) is 28.2 Å². The summed E-state index contributed by atoms with van der Waals surface area (Å²) in [5.41, 5.74) is 8.19. The largest absolute Gasteiger partial charge is 0.399 e. The topological polar surface area (TPSA) is 32.5 Å². The highest BCUT2D eigenvalue weighted by Gasteiger charge is 2.25. The van der Waals surface area contributed by atoms with Gasteiger partial charge in [-0.25, -0.2) is 0 Å². The van der Waals surface area contributed by atoms with Crippen molar-refractivity contribution in [2.45, 2.75) is 32.9 Å². The fraction of sp³-hybridized carbons (Fsp3) is 0.600. The van der Waals surface area contributed by atoms with Gasteiger partial charge >= 0.3 is 0 Å². The van der Waals surface area contributed by atoms with Gasteiger partial charge in [-0.2, -0.15) is 0 Å². The van der Waals surface area contributed by atoms with Crippen LogP contribution in [0.3, 0.4) is 0 Å². The Kier molecular flexibility index (Phi) is 4.54. The van der Waals surface area contributed by atoms with Crippen LogP contribution in [-0.4, -0.2) is 41.5 Å². The van der Waals surface area contributed by atoms with Crippen molar-refractivity contribution in [1.29, 1.82) is 0 Å². The van der Waals surface area contributed by atoms with E-state index in [1.54, 1.807) is 0 Å². The van der Waals surface area contributed by atoms with Gasteiger partial charge in [0.05, 0.1) is 0 Å². The molecule has 0 bridgehead atoms. The van der Waals surface area contributed by atoms with E-state index in [2.05, 4.69) is 52.6 Å². The second-order valence-electron chi connectivity index (χ2n) is 6.28. The molecule has 1 heterocycles. The highest BCUT2D eigenvalue weighted by Crippen LogP contribution is 2.23. The van der Waals surface area contributed by atoms with Crippen LogP contribution in [0.15, 0.2) is 22.7 Å². The molecule has 0 aliphatic carbocycles. The van der Waals surface area contributed by atoms with Crippen molar-refractivity contribution in [1.82, 2.24) is 9.80 Å². The Balaban J connectivity index is 1.92. The lowest BCUT2D eigenvalue weighted by Crippen LogP contribution is -2.53. The van der Waals surface area contributed by atoms with Gasteiger partial charge in [0, 0.05) is 48.4 Å². The molecule has 1 aliphatic rings. The van der Waals surface area contributed by atoms with E-state index in [0.29, 0.717) is 0 Å². The van der Waals surface area contributed by atoms with Crippen molar-refractivity contribution >= 4 is 21.6 Å². The molecule has 1 aromatic carbocycles. The molecule has 0 unspecified atom stereocenters. The van der Waals surface area contributed by atoms with Crippen molar-refractivity contribution in [2.75, 3.05) is 31.9 Å². The third-order valence-electron chi connectivity index (χ3n) is 3.79. The quantitative estimate of drug-likeness (QED) is 0.848. The maximum Gasteiger partial charge on any atom is 0.0325 e. The average molecular weight is 326 g/mol. The number of rotatable bonds is 2. The lowest BCUT2D eigenvalue weighted by molar-refractivity contribution is 0.0590. The van der Waals surface area contributed by atoms with Crippen molar-refractivity contribution < 1.29 is 0 Å². The van der Waals surface area contributed by atoms with E-state index in [-0.39, 0.29) is 5.54 Å².